The molecule has 0 saturated carbocycles. The lowest BCUT2D eigenvalue weighted by Gasteiger charge is -2.08. The number of aromatic nitrogens is 2. The third-order valence-corrected chi connectivity index (χ3v) is 3.97. The average Bonchev–Trinajstić information content (AvgIpc) is 3.09. The monoisotopic (exact) mass is 290 g/mol. The van der Waals surface area contributed by atoms with E-state index >= 15 is 0 Å². The van der Waals surface area contributed by atoms with Crippen molar-refractivity contribution in [2.24, 2.45) is 0 Å². The summed E-state index contributed by atoms with van der Waals surface area (Å²) in [5.41, 5.74) is 3.25. The maximum absolute atomic E-state index is 11.8. The Labute approximate surface area is 126 Å². The van der Waals surface area contributed by atoms with E-state index in [1.165, 1.54) is 0 Å². The number of hydrogen-bond acceptors (Lipinski definition) is 1. The highest BCUT2D eigenvalue weighted by molar-refractivity contribution is 5.88. The third-order valence-electron chi connectivity index (χ3n) is 3.97. The van der Waals surface area contributed by atoms with Crippen molar-refractivity contribution < 1.29 is 9.90 Å². The summed E-state index contributed by atoms with van der Waals surface area (Å²) >= 11 is 0. The van der Waals surface area contributed by atoms with Gasteiger partial charge in [-0.1, -0.05) is 36.4 Å². The molecule has 4 aromatic rings. The molecule has 2 aromatic heterocycles. The molecule has 0 fully saturated rings. The Morgan fingerprint density at radius 2 is 1.27 bits per heavy atom. The summed E-state index contributed by atoms with van der Waals surface area (Å²) < 4.78 is 0. The molecule has 22 heavy (non-hydrogen) atoms. The van der Waals surface area contributed by atoms with Gasteiger partial charge in [0.25, 0.3) is 0 Å². The minimum absolute atomic E-state index is 0.681. The maximum Gasteiger partial charge on any atom is 0.318 e. The van der Waals surface area contributed by atoms with Gasteiger partial charge in [-0.25, -0.2) is 0 Å². The van der Waals surface area contributed by atoms with Gasteiger partial charge in [-0.05, 0) is 35.0 Å². The van der Waals surface area contributed by atoms with Gasteiger partial charge in [0.15, 0.2) is 0 Å². The molecule has 4 rings (SSSR count). The van der Waals surface area contributed by atoms with Crippen molar-refractivity contribution in [1.82, 2.24) is 9.97 Å². The van der Waals surface area contributed by atoms with E-state index in [1.807, 2.05) is 60.7 Å². The molecule has 2 aromatic carbocycles. The quantitative estimate of drug-likeness (QED) is 0.536. The summed E-state index contributed by atoms with van der Waals surface area (Å²) in [6, 6.07) is 19.4. The minimum atomic E-state index is -0.877. The molecule has 0 aliphatic rings. The fourth-order valence-electron chi connectivity index (χ4n) is 2.94. The first-order chi connectivity index (χ1) is 10.7. The molecule has 0 bridgehead atoms. The number of fused-ring (bicyclic) bond motifs is 2. The molecule has 4 heteroatoms. The van der Waals surface area contributed by atoms with E-state index in [0.29, 0.717) is 11.4 Å². The number of para-hydroxylation sites is 2. The summed E-state index contributed by atoms with van der Waals surface area (Å²) in [6.45, 7) is 0. The fourth-order valence-corrected chi connectivity index (χ4v) is 2.94. The third kappa shape index (κ3) is 1.97. The molecule has 0 amide bonds. The molecule has 0 saturated heterocycles. The van der Waals surface area contributed by atoms with Crippen LogP contribution in [0.2, 0.25) is 0 Å². The van der Waals surface area contributed by atoms with Gasteiger partial charge < -0.3 is 15.1 Å². The van der Waals surface area contributed by atoms with Crippen molar-refractivity contribution in [1.29, 1.82) is 0 Å². The average molecular weight is 290 g/mol. The number of aliphatic carboxylic acids is 1. The van der Waals surface area contributed by atoms with E-state index < -0.39 is 11.9 Å². The number of aromatic amines is 2. The summed E-state index contributed by atoms with van der Waals surface area (Å²) in [6.07, 6.45) is 0. The van der Waals surface area contributed by atoms with E-state index in [0.717, 1.165) is 21.8 Å². The van der Waals surface area contributed by atoms with Crippen LogP contribution < -0.4 is 0 Å². The van der Waals surface area contributed by atoms with Crippen LogP contribution in [0.15, 0.2) is 60.7 Å². The Kier molecular flexibility index (Phi) is 2.76. The second kappa shape index (κ2) is 4.77. The van der Waals surface area contributed by atoms with Crippen molar-refractivity contribution >= 4 is 27.8 Å². The number of nitrogens with one attached hydrogen (secondary N) is 2. The standard InChI is InChI=1S/C18H14N2O2/c21-18(22)17(15-9-11-5-1-3-7-13(11)19-15)16-10-12-6-2-4-8-14(12)20-16/h1-10,17,19-20H,(H,21,22). The molecule has 0 unspecified atom stereocenters. The van der Waals surface area contributed by atoms with Gasteiger partial charge >= 0.3 is 5.97 Å². The molecule has 4 nitrogen and oxygen atoms in total. The Hall–Kier alpha value is -3.01. The topological polar surface area (TPSA) is 68.9 Å². The highest BCUT2D eigenvalue weighted by Gasteiger charge is 2.25. The zero-order valence-corrected chi connectivity index (χ0v) is 11.7. The fraction of sp³-hybridized carbons (Fsp3) is 0.0556. The van der Waals surface area contributed by atoms with E-state index in [1.54, 1.807) is 0 Å². The lowest BCUT2D eigenvalue weighted by molar-refractivity contribution is -0.137. The van der Waals surface area contributed by atoms with Crippen LogP contribution in [0.3, 0.4) is 0 Å². The number of carboxylic acids is 1. The number of carbonyl (C=O) groups is 1. The van der Waals surface area contributed by atoms with Crippen molar-refractivity contribution in [2.75, 3.05) is 0 Å². The van der Waals surface area contributed by atoms with Crippen LogP contribution in [0.5, 0.6) is 0 Å². The number of benzene rings is 2. The first kappa shape index (κ1) is 12.7. The predicted molar refractivity (Wildman–Crippen MR) is 86.1 cm³/mol. The van der Waals surface area contributed by atoms with Gasteiger partial charge in [-0.15, -0.1) is 0 Å². The van der Waals surface area contributed by atoms with E-state index in [9.17, 15) is 9.90 Å². The highest BCUT2D eigenvalue weighted by Crippen LogP contribution is 2.29. The Balaban J connectivity index is 1.88. The normalized spacial score (nSPS) is 11.5. The molecular formula is C18H14N2O2. The van der Waals surface area contributed by atoms with Crippen LogP contribution >= 0.6 is 0 Å². The molecule has 0 spiro atoms. The first-order valence-electron chi connectivity index (χ1n) is 7.10. The zero-order valence-electron chi connectivity index (χ0n) is 11.7. The number of carboxylic acid groups (broad SMARTS) is 1. The van der Waals surface area contributed by atoms with E-state index in [2.05, 4.69) is 9.97 Å². The molecular weight excluding hydrogens is 276 g/mol. The number of H-pyrrole nitrogens is 2. The summed E-state index contributed by atoms with van der Waals surface area (Å²) in [5.74, 6) is -1.61. The van der Waals surface area contributed by atoms with Crippen LogP contribution in [-0.4, -0.2) is 21.0 Å². The van der Waals surface area contributed by atoms with E-state index in [4.69, 9.17) is 0 Å². The van der Waals surface area contributed by atoms with Crippen molar-refractivity contribution in [3.8, 4) is 0 Å². The lowest BCUT2D eigenvalue weighted by atomic mass is 10.0. The largest absolute Gasteiger partial charge is 0.480 e. The molecule has 0 atom stereocenters. The molecule has 2 heterocycles. The van der Waals surface area contributed by atoms with Gasteiger partial charge in [0.05, 0.1) is 0 Å². The second-order valence-corrected chi connectivity index (χ2v) is 5.40. The summed E-state index contributed by atoms with van der Waals surface area (Å²) in [7, 11) is 0. The van der Waals surface area contributed by atoms with Crippen molar-refractivity contribution in [3.63, 3.8) is 0 Å². The number of rotatable bonds is 3. The smallest absolute Gasteiger partial charge is 0.318 e. The van der Waals surface area contributed by atoms with Crippen LogP contribution in [0.25, 0.3) is 21.8 Å². The van der Waals surface area contributed by atoms with Crippen LogP contribution in [0.1, 0.15) is 17.3 Å². The second-order valence-electron chi connectivity index (χ2n) is 5.40. The highest BCUT2D eigenvalue weighted by atomic mass is 16.4. The zero-order chi connectivity index (χ0) is 15.1. The summed E-state index contributed by atoms with van der Waals surface area (Å²) in [4.78, 5) is 18.3. The molecule has 3 N–H and O–H groups in total. The van der Waals surface area contributed by atoms with Gasteiger partial charge in [-0.3, -0.25) is 4.79 Å². The minimum Gasteiger partial charge on any atom is -0.480 e. The number of hydrogen-bond donors (Lipinski definition) is 3. The molecule has 0 aliphatic heterocycles. The first-order valence-corrected chi connectivity index (χ1v) is 7.10. The Morgan fingerprint density at radius 1 is 0.818 bits per heavy atom. The van der Waals surface area contributed by atoms with E-state index in [-0.39, 0.29) is 0 Å². The van der Waals surface area contributed by atoms with Crippen LogP contribution in [0, 0.1) is 0 Å². The van der Waals surface area contributed by atoms with Gasteiger partial charge in [0.1, 0.15) is 5.92 Å². The SMILES string of the molecule is O=C(O)C(c1cc2ccccc2[nH]1)c1cc2ccccc2[nH]1. The maximum atomic E-state index is 11.8. The predicted octanol–water partition coefficient (Wildman–Crippen LogP) is 3.87. The molecule has 0 aliphatic carbocycles. The lowest BCUT2D eigenvalue weighted by Crippen LogP contribution is -2.13. The molecule has 0 radical (unpaired) electrons. The van der Waals surface area contributed by atoms with Gasteiger partial charge in [0, 0.05) is 22.4 Å². The van der Waals surface area contributed by atoms with Gasteiger partial charge in [0.2, 0.25) is 0 Å². The van der Waals surface area contributed by atoms with Gasteiger partial charge in [-0.2, -0.15) is 0 Å². The molecule has 108 valence electrons. The Bertz CT molecular complexity index is 841. The van der Waals surface area contributed by atoms with Crippen molar-refractivity contribution in [3.05, 3.63) is 72.1 Å². The van der Waals surface area contributed by atoms with Crippen LogP contribution in [0.4, 0.5) is 0 Å². The Morgan fingerprint density at radius 3 is 1.68 bits per heavy atom. The van der Waals surface area contributed by atoms with Crippen molar-refractivity contribution in [2.45, 2.75) is 5.92 Å². The summed E-state index contributed by atoms with van der Waals surface area (Å²) in [5, 5.41) is 11.7. The van der Waals surface area contributed by atoms with Crippen LogP contribution in [-0.2, 0) is 4.79 Å².